The Morgan fingerprint density at radius 1 is 0.804 bits per heavy atom. The highest BCUT2D eigenvalue weighted by Gasteiger charge is 2.38. The summed E-state index contributed by atoms with van der Waals surface area (Å²) >= 11 is 1.62. The van der Waals surface area contributed by atoms with E-state index in [1.165, 1.54) is 6.92 Å². The van der Waals surface area contributed by atoms with Crippen LogP contribution in [0.15, 0.2) is 102 Å². The zero-order valence-electron chi connectivity index (χ0n) is 29.0. The Kier molecular flexibility index (Phi) is 13.8. The predicted molar refractivity (Wildman–Crippen MR) is 198 cm³/mol. The van der Waals surface area contributed by atoms with Crippen LogP contribution in [0.2, 0.25) is 0 Å². The molecule has 1 aliphatic heterocycles. The third kappa shape index (κ3) is 10.8. The Bertz CT molecular complexity index is 1750. The van der Waals surface area contributed by atoms with Crippen molar-refractivity contribution in [1.29, 1.82) is 0 Å². The maximum absolute atomic E-state index is 12.6. The fourth-order valence-corrected chi connectivity index (χ4v) is 7.16. The van der Waals surface area contributed by atoms with E-state index in [-0.39, 0.29) is 42.1 Å². The number of carboxylic acids is 1. The standard InChI is InChI=1S/C41H46N2O7S/c1-27-37(26-51-35-21-19-32(20-22-35)40(47)48)49-41(50-39(27)31-13-11-29(25-44)12-14-31)33-17-15-30(16-18-33)36-9-6-5-8-34(36)24-43-38(46)10-4-3-7-23-42-28(2)45/h5-6,8-9,11-22,27,37,39,41,44H,3-4,7,10,23-26H2,1-2H3,(H,42,45)(H,43,46)(H,47,48)/t27-,37+,39+,41+/m0/s1. The molecule has 51 heavy (non-hydrogen) atoms. The zero-order valence-corrected chi connectivity index (χ0v) is 29.9. The van der Waals surface area contributed by atoms with Crippen LogP contribution in [0.25, 0.3) is 11.1 Å². The molecule has 0 bridgehead atoms. The molecule has 4 aromatic carbocycles. The molecule has 268 valence electrons. The summed E-state index contributed by atoms with van der Waals surface area (Å²) in [6.07, 6.45) is 1.90. The highest BCUT2D eigenvalue weighted by Crippen LogP contribution is 2.43. The minimum atomic E-state index is -0.953. The van der Waals surface area contributed by atoms with E-state index in [4.69, 9.17) is 9.47 Å². The number of ether oxygens (including phenoxy) is 2. The first kappa shape index (κ1) is 37.8. The van der Waals surface area contributed by atoms with E-state index >= 15 is 0 Å². The number of hydrogen-bond acceptors (Lipinski definition) is 7. The van der Waals surface area contributed by atoms with Crippen LogP contribution >= 0.6 is 11.8 Å². The van der Waals surface area contributed by atoms with Gasteiger partial charge in [-0.1, -0.05) is 86.1 Å². The lowest BCUT2D eigenvalue weighted by Gasteiger charge is -2.41. The maximum atomic E-state index is 12.6. The van der Waals surface area contributed by atoms with Crippen LogP contribution in [0.3, 0.4) is 0 Å². The molecule has 9 nitrogen and oxygen atoms in total. The van der Waals surface area contributed by atoms with Crippen molar-refractivity contribution < 1.29 is 34.1 Å². The number of benzene rings is 4. The molecule has 0 spiro atoms. The molecule has 1 fully saturated rings. The van der Waals surface area contributed by atoms with E-state index < -0.39 is 12.3 Å². The van der Waals surface area contributed by atoms with Gasteiger partial charge in [0, 0.05) is 48.6 Å². The molecule has 0 aromatic heterocycles. The number of amides is 2. The van der Waals surface area contributed by atoms with Crippen molar-refractivity contribution in [3.05, 3.63) is 125 Å². The summed E-state index contributed by atoms with van der Waals surface area (Å²) < 4.78 is 13.3. The van der Waals surface area contributed by atoms with Crippen molar-refractivity contribution in [3.8, 4) is 11.1 Å². The van der Waals surface area contributed by atoms with Gasteiger partial charge in [-0.2, -0.15) is 0 Å². The van der Waals surface area contributed by atoms with Crippen molar-refractivity contribution in [1.82, 2.24) is 10.6 Å². The Morgan fingerprint density at radius 2 is 1.51 bits per heavy atom. The largest absolute Gasteiger partial charge is 0.478 e. The molecule has 4 atom stereocenters. The first-order valence-electron chi connectivity index (χ1n) is 17.4. The van der Waals surface area contributed by atoms with Crippen molar-refractivity contribution in [2.45, 2.75) is 76.1 Å². The fraction of sp³-hybridized carbons (Fsp3) is 0.341. The topological polar surface area (TPSA) is 134 Å². The van der Waals surface area contributed by atoms with Gasteiger partial charge >= 0.3 is 5.97 Å². The van der Waals surface area contributed by atoms with Crippen molar-refractivity contribution in [2.24, 2.45) is 5.92 Å². The van der Waals surface area contributed by atoms with E-state index in [1.807, 2.05) is 66.7 Å². The third-order valence-corrected chi connectivity index (χ3v) is 10.2. The van der Waals surface area contributed by atoms with Crippen LogP contribution in [0.4, 0.5) is 0 Å². The second kappa shape index (κ2) is 18.7. The first-order valence-corrected chi connectivity index (χ1v) is 18.4. The van der Waals surface area contributed by atoms with Crippen molar-refractivity contribution in [2.75, 3.05) is 12.3 Å². The number of hydrogen-bond donors (Lipinski definition) is 4. The monoisotopic (exact) mass is 710 g/mol. The van der Waals surface area contributed by atoms with Crippen LogP contribution in [0.5, 0.6) is 0 Å². The molecule has 0 saturated carbocycles. The molecular formula is C41H46N2O7S. The Labute approximate surface area is 303 Å². The highest BCUT2D eigenvalue weighted by molar-refractivity contribution is 7.99. The number of carbonyl (C=O) groups is 3. The molecule has 0 unspecified atom stereocenters. The summed E-state index contributed by atoms with van der Waals surface area (Å²) in [7, 11) is 0. The zero-order chi connectivity index (χ0) is 36.2. The van der Waals surface area contributed by atoms with E-state index in [0.717, 1.165) is 57.5 Å². The van der Waals surface area contributed by atoms with Gasteiger partial charge in [0.15, 0.2) is 6.29 Å². The maximum Gasteiger partial charge on any atom is 0.335 e. The van der Waals surface area contributed by atoms with Gasteiger partial charge in [0.25, 0.3) is 0 Å². The van der Waals surface area contributed by atoms with E-state index in [0.29, 0.717) is 25.3 Å². The fourth-order valence-electron chi connectivity index (χ4n) is 6.09. The predicted octanol–water partition coefficient (Wildman–Crippen LogP) is 7.44. The van der Waals surface area contributed by atoms with E-state index in [2.05, 4.69) is 35.8 Å². The van der Waals surface area contributed by atoms with Crippen LogP contribution in [0.1, 0.15) is 84.5 Å². The van der Waals surface area contributed by atoms with Crippen LogP contribution in [-0.4, -0.2) is 46.4 Å². The van der Waals surface area contributed by atoms with Gasteiger partial charge in [-0.15, -0.1) is 11.8 Å². The van der Waals surface area contributed by atoms with E-state index in [1.54, 1.807) is 23.9 Å². The molecule has 4 aromatic rings. The lowest BCUT2D eigenvalue weighted by molar-refractivity contribution is -0.268. The number of aliphatic hydroxyl groups is 1. The Morgan fingerprint density at radius 3 is 2.20 bits per heavy atom. The van der Waals surface area contributed by atoms with Crippen LogP contribution in [0, 0.1) is 5.92 Å². The molecule has 1 heterocycles. The second-order valence-electron chi connectivity index (χ2n) is 12.8. The van der Waals surface area contributed by atoms with Gasteiger partial charge in [0.1, 0.15) is 0 Å². The SMILES string of the molecule is CC(=O)NCCCCCC(=O)NCc1ccccc1-c1ccc([C@@H]2O[C@H](CSc3ccc(C(=O)O)cc3)[C@H](C)[C@H](c3ccc(CO)cc3)O2)cc1. The number of aliphatic hydroxyl groups excluding tert-OH is 1. The van der Waals surface area contributed by atoms with Gasteiger partial charge in [0.2, 0.25) is 11.8 Å². The lowest BCUT2D eigenvalue weighted by atomic mass is 9.91. The summed E-state index contributed by atoms with van der Waals surface area (Å²) in [5.74, 6) is -0.327. The summed E-state index contributed by atoms with van der Waals surface area (Å²) in [5.41, 5.74) is 6.03. The number of rotatable bonds is 16. The van der Waals surface area contributed by atoms with Crippen LogP contribution in [-0.2, 0) is 32.2 Å². The smallest absolute Gasteiger partial charge is 0.335 e. The van der Waals surface area contributed by atoms with Gasteiger partial charge in [0.05, 0.1) is 24.4 Å². The first-order chi connectivity index (χ1) is 24.7. The number of carboxylic acid groups (broad SMARTS) is 1. The summed E-state index contributed by atoms with van der Waals surface area (Å²) in [6, 6.07) is 30.9. The number of thioether (sulfide) groups is 1. The lowest BCUT2D eigenvalue weighted by Crippen LogP contribution is -2.38. The van der Waals surface area contributed by atoms with Crippen molar-refractivity contribution in [3.63, 3.8) is 0 Å². The third-order valence-electron chi connectivity index (χ3n) is 9.08. The normalized spacial score (nSPS) is 18.6. The number of nitrogens with one attached hydrogen (secondary N) is 2. The Hall–Kier alpha value is -4.48. The Balaban J connectivity index is 1.26. The summed E-state index contributed by atoms with van der Waals surface area (Å²) in [6.45, 7) is 4.64. The number of carbonyl (C=O) groups excluding carboxylic acids is 2. The minimum absolute atomic E-state index is 0.00560. The van der Waals surface area contributed by atoms with E-state index in [9.17, 15) is 24.6 Å². The van der Waals surface area contributed by atoms with Gasteiger partial charge in [-0.05, 0) is 64.9 Å². The molecular weight excluding hydrogens is 665 g/mol. The molecule has 0 radical (unpaired) electrons. The summed E-state index contributed by atoms with van der Waals surface area (Å²) in [5, 5.41) is 24.7. The van der Waals surface area contributed by atoms with Gasteiger partial charge in [-0.3, -0.25) is 9.59 Å². The van der Waals surface area contributed by atoms with Crippen LogP contribution < -0.4 is 10.6 Å². The summed E-state index contributed by atoms with van der Waals surface area (Å²) in [4.78, 5) is 35.8. The quantitative estimate of drug-likeness (QED) is 0.0697. The van der Waals surface area contributed by atoms with Gasteiger partial charge < -0.3 is 30.3 Å². The molecule has 2 amide bonds. The molecule has 10 heteroatoms. The highest BCUT2D eigenvalue weighted by atomic mass is 32.2. The molecule has 1 aliphatic rings. The average molecular weight is 711 g/mol. The number of unbranched alkanes of at least 4 members (excludes halogenated alkanes) is 2. The minimum Gasteiger partial charge on any atom is -0.478 e. The molecule has 4 N–H and O–H groups in total. The van der Waals surface area contributed by atoms with Crippen molar-refractivity contribution >= 4 is 29.5 Å². The molecule has 0 aliphatic carbocycles. The van der Waals surface area contributed by atoms with Gasteiger partial charge in [-0.25, -0.2) is 4.79 Å². The molecule has 5 rings (SSSR count). The average Bonchev–Trinajstić information content (AvgIpc) is 3.15. The number of aromatic carboxylic acids is 1. The molecule has 1 saturated heterocycles. The second-order valence-corrected chi connectivity index (χ2v) is 13.9.